The smallest absolute Gasteiger partial charge is 0.242 e. The van der Waals surface area contributed by atoms with E-state index in [2.05, 4.69) is 15.6 Å². The van der Waals surface area contributed by atoms with E-state index in [0.29, 0.717) is 17.7 Å². The van der Waals surface area contributed by atoms with Crippen LogP contribution in [0, 0.1) is 0 Å². The van der Waals surface area contributed by atoms with Crippen LogP contribution in [0.25, 0.3) is 21.6 Å². The van der Waals surface area contributed by atoms with E-state index < -0.39 is 0 Å². The lowest BCUT2D eigenvalue weighted by Crippen LogP contribution is -2.42. The lowest BCUT2D eigenvalue weighted by molar-refractivity contribution is -0.122. The molecule has 1 amide bonds. The summed E-state index contributed by atoms with van der Waals surface area (Å²) in [4.78, 5) is 22.9. The summed E-state index contributed by atoms with van der Waals surface area (Å²) in [6.07, 6.45) is 4.57. The fourth-order valence-electron chi connectivity index (χ4n) is 3.37. The van der Waals surface area contributed by atoms with Gasteiger partial charge in [-0.05, 0) is 43.3 Å². The maximum Gasteiger partial charge on any atom is 0.242 e. The first-order chi connectivity index (χ1) is 12.7. The highest BCUT2D eigenvalue weighted by Gasteiger charge is 2.21. The predicted octanol–water partition coefficient (Wildman–Crippen LogP) is 4.22. The van der Waals surface area contributed by atoms with Crippen molar-refractivity contribution in [3.8, 4) is 10.7 Å². The quantitative estimate of drug-likeness (QED) is 0.709. The molecule has 26 heavy (non-hydrogen) atoms. The van der Waals surface area contributed by atoms with E-state index in [1.54, 1.807) is 11.3 Å². The van der Waals surface area contributed by atoms with Gasteiger partial charge in [-0.2, -0.15) is 0 Å². The number of fused-ring (bicyclic) bond motifs is 1. The van der Waals surface area contributed by atoms with Crippen LogP contribution in [0.5, 0.6) is 0 Å². The number of anilines is 1. The first-order valence-corrected chi connectivity index (χ1v) is 9.96. The molecule has 0 bridgehead atoms. The van der Waals surface area contributed by atoms with Crippen LogP contribution in [0.2, 0.25) is 0 Å². The molecule has 1 aromatic carbocycles. The van der Waals surface area contributed by atoms with Gasteiger partial charge in [-0.3, -0.25) is 4.79 Å². The fourth-order valence-corrected chi connectivity index (χ4v) is 4.03. The van der Waals surface area contributed by atoms with E-state index in [-0.39, 0.29) is 11.9 Å². The van der Waals surface area contributed by atoms with Gasteiger partial charge in [0.15, 0.2) is 5.82 Å². The monoisotopic (exact) mass is 366 g/mol. The summed E-state index contributed by atoms with van der Waals surface area (Å²) in [7, 11) is 0. The van der Waals surface area contributed by atoms with Crippen LogP contribution < -0.4 is 10.6 Å². The van der Waals surface area contributed by atoms with Gasteiger partial charge in [0.05, 0.1) is 10.4 Å². The highest BCUT2D eigenvalue weighted by atomic mass is 32.1. The van der Waals surface area contributed by atoms with Crippen molar-refractivity contribution in [2.45, 2.75) is 44.7 Å². The van der Waals surface area contributed by atoms with Gasteiger partial charge < -0.3 is 10.6 Å². The Bertz CT molecular complexity index is 903. The van der Waals surface area contributed by atoms with Gasteiger partial charge in [0, 0.05) is 11.4 Å². The Kier molecular flexibility index (Phi) is 4.84. The number of carbonyl (C=O) groups is 1. The Balaban J connectivity index is 1.61. The van der Waals surface area contributed by atoms with Crippen molar-refractivity contribution in [1.29, 1.82) is 0 Å². The van der Waals surface area contributed by atoms with E-state index in [4.69, 9.17) is 4.98 Å². The summed E-state index contributed by atoms with van der Waals surface area (Å²) in [5, 5.41) is 9.39. The van der Waals surface area contributed by atoms with E-state index in [1.165, 1.54) is 12.8 Å². The van der Waals surface area contributed by atoms with E-state index in [0.717, 1.165) is 28.6 Å². The number of aromatic nitrogens is 2. The van der Waals surface area contributed by atoms with Crippen LogP contribution in [0.1, 0.15) is 32.6 Å². The van der Waals surface area contributed by atoms with Crippen LogP contribution >= 0.6 is 11.3 Å². The molecule has 0 aliphatic heterocycles. The second-order valence-electron chi connectivity index (χ2n) is 6.75. The van der Waals surface area contributed by atoms with Crippen molar-refractivity contribution in [3.63, 3.8) is 0 Å². The summed E-state index contributed by atoms with van der Waals surface area (Å²) in [5.41, 5.74) is 0.872. The number of amides is 1. The maximum absolute atomic E-state index is 12.5. The summed E-state index contributed by atoms with van der Waals surface area (Å²) in [6.45, 7) is 1.88. The highest BCUT2D eigenvalue weighted by molar-refractivity contribution is 7.13. The molecule has 2 N–H and O–H groups in total. The first kappa shape index (κ1) is 17.0. The second kappa shape index (κ2) is 7.41. The second-order valence-corrected chi connectivity index (χ2v) is 7.69. The molecule has 134 valence electrons. The topological polar surface area (TPSA) is 66.9 Å². The Morgan fingerprint density at radius 2 is 1.96 bits per heavy atom. The van der Waals surface area contributed by atoms with Crippen molar-refractivity contribution in [2.75, 3.05) is 5.32 Å². The minimum Gasteiger partial charge on any atom is -0.358 e. The molecule has 1 fully saturated rings. The lowest BCUT2D eigenvalue weighted by Gasteiger charge is -2.19. The Hall–Kier alpha value is -2.47. The van der Waals surface area contributed by atoms with Gasteiger partial charge in [-0.1, -0.05) is 31.0 Å². The van der Waals surface area contributed by atoms with Crippen LogP contribution in [-0.2, 0) is 4.79 Å². The molecule has 0 spiro atoms. The van der Waals surface area contributed by atoms with Crippen LogP contribution in [0.3, 0.4) is 0 Å². The van der Waals surface area contributed by atoms with Gasteiger partial charge in [0.2, 0.25) is 5.91 Å². The van der Waals surface area contributed by atoms with Gasteiger partial charge in [-0.15, -0.1) is 11.3 Å². The minimum atomic E-state index is -0.356. The standard InChI is InChI=1S/C20H22N4OS/c1-13(20(25)22-14-7-2-3-8-14)21-18-15-9-4-5-10-16(15)23-19(24-18)17-11-6-12-26-17/h4-6,9-14H,2-3,7-8H2,1H3,(H,22,25)(H,21,23,24)/t13-/m0/s1. The van der Waals surface area contributed by atoms with Crippen LogP contribution in [0.15, 0.2) is 41.8 Å². The molecule has 1 aliphatic carbocycles. The van der Waals surface area contributed by atoms with Crippen molar-refractivity contribution < 1.29 is 4.79 Å². The van der Waals surface area contributed by atoms with Crippen molar-refractivity contribution >= 4 is 34.0 Å². The van der Waals surface area contributed by atoms with Gasteiger partial charge in [0.25, 0.3) is 0 Å². The average molecular weight is 366 g/mol. The Morgan fingerprint density at radius 3 is 2.73 bits per heavy atom. The zero-order chi connectivity index (χ0) is 17.9. The van der Waals surface area contributed by atoms with Crippen LogP contribution in [0.4, 0.5) is 5.82 Å². The third-order valence-corrected chi connectivity index (χ3v) is 5.66. The Morgan fingerprint density at radius 1 is 1.15 bits per heavy atom. The number of nitrogens with one attached hydrogen (secondary N) is 2. The van der Waals surface area contributed by atoms with Gasteiger partial charge in [0.1, 0.15) is 11.9 Å². The number of para-hydroxylation sites is 1. The van der Waals surface area contributed by atoms with Crippen molar-refractivity contribution in [1.82, 2.24) is 15.3 Å². The molecule has 2 heterocycles. The average Bonchev–Trinajstić information content (AvgIpc) is 3.35. The van der Waals surface area contributed by atoms with Gasteiger partial charge in [-0.25, -0.2) is 9.97 Å². The number of carbonyl (C=O) groups excluding carboxylic acids is 1. The number of benzene rings is 1. The van der Waals surface area contributed by atoms with Crippen LogP contribution in [-0.4, -0.2) is 28.0 Å². The molecule has 1 atom stereocenters. The third-order valence-electron chi connectivity index (χ3n) is 4.79. The molecule has 5 nitrogen and oxygen atoms in total. The summed E-state index contributed by atoms with van der Waals surface area (Å²) >= 11 is 1.61. The van der Waals surface area contributed by atoms with Gasteiger partial charge >= 0.3 is 0 Å². The molecule has 6 heteroatoms. The molecule has 4 rings (SSSR count). The van der Waals surface area contributed by atoms with Crippen molar-refractivity contribution in [2.24, 2.45) is 0 Å². The summed E-state index contributed by atoms with van der Waals surface area (Å²) < 4.78 is 0. The van der Waals surface area contributed by atoms with E-state index >= 15 is 0 Å². The molecule has 1 saturated carbocycles. The molecular weight excluding hydrogens is 344 g/mol. The number of rotatable bonds is 5. The molecule has 3 aromatic rings. The summed E-state index contributed by atoms with van der Waals surface area (Å²) in [5.74, 6) is 1.41. The van der Waals surface area contributed by atoms with E-state index in [9.17, 15) is 4.79 Å². The first-order valence-electron chi connectivity index (χ1n) is 9.08. The third kappa shape index (κ3) is 3.55. The summed E-state index contributed by atoms with van der Waals surface area (Å²) in [6, 6.07) is 11.8. The van der Waals surface area contributed by atoms with E-state index in [1.807, 2.05) is 48.7 Å². The SMILES string of the molecule is C[C@H](Nc1nc(-c2cccs2)nc2ccccc12)C(=O)NC1CCCC1. The zero-order valence-electron chi connectivity index (χ0n) is 14.7. The predicted molar refractivity (Wildman–Crippen MR) is 106 cm³/mol. The molecular formula is C20H22N4OS. The normalized spacial score (nSPS) is 15.9. The Labute approximate surface area is 156 Å². The number of nitrogens with zero attached hydrogens (tertiary/aromatic N) is 2. The highest BCUT2D eigenvalue weighted by Crippen LogP contribution is 2.27. The number of thiophene rings is 1. The molecule has 1 aliphatic rings. The number of hydrogen-bond donors (Lipinski definition) is 2. The minimum absolute atomic E-state index is 0.0252. The molecule has 0 unspecified atom stereocenters. The van der Waals surface area contributed by atoms with Crippen molar-refractivity contribution in [3.05, 3.63) is 41.8 Å². The lowest BCUT2D eigenvalue weighted by atomic mass is 10.2. The maximum atomic E-state index is 12.5. The zero-order valence-corrected chi connectivity index (χ0v) is 15.6. The molecule has 2 aromatic heterocycles. The largest absolute Gasteiger partial charge is 0.358 e. The molecule has 0 saturated heterocycles. The molecule has 0 radical (unpaired) electrons. The number of hydrogen-bond acceptors (Lipinski definition) is 5. The fraction of sp³-hybridized carbons (Fsp3) is 0.350.